The zero-order valence-electron chi connectivity index (χ0n) is 12.0. The Morgan fingerprint density at radius 3 is 2.21 bits per heavy atom. The van der Waals surface area contributed by atoms with E-state index < -0.39 is 42.5 Å². The summed E-state index contributed by atoms with van der Waals surface area (Å²) in [6.45, 7) is -2.30. The number of furan rings is 1. The second kappa shape index (κ2) is 6.58. The zero-order chi connectivity index (χ0) is 18.0. The Kier molecular flexibility index (Phi) is 4.91. The summed E-state index contributed by atoms with van der Waals surface area (Å²) in [5.74, 6) is -1.35. The third-order valence-corrected chi connectivity index (χ3v) is 3.05. The average molecular weight is 351 g/mol. The van der Waals surface area contributed by atoms with Gasteiger partial charge in [-0.25, -0.2) is 0 Å². The molecule has 0 spiro atoms. The highest BCUT2D eigenvalue weighted by molar-refractivity contribution is 5.95. The highest BCUT2D eigenvalue weighted by Crippen LogP contribution is 2.33. The Bertz CT molecular complexity index is 691. The average Bonchev–Trinajstić information content (AvgIpc) is 2.96. The van der Waals surface area contributed by atoms with Crippen LogP contribution < -0.4 is 0 Å². The van der Waals surface area contributed by atoms with Crippen LogP contribution in [0, 0.1) is 0 Å². The quantitative estimate of drug-likeness (QED) is 0.760. The van der Waals surface area contributed by atoms with Crippen LogP contribution in [-0.2, 0) is 12.7 Å². The van der Waals surface area contributed by atoms with Crippen LogP contribution in [0.25, 0.3) is 0 Å². The van der Waals surface area contributed by atoms with Gasteiger partial charge in [0.1, 0.15) is 12.3 Å². The number of hydrogen-bond acceptors (Lipinski definition) is 2. The molecule has 2 aromatic rings. The fourth-order valence-electron chi connectivity index (χ4n) is 2.09. The molecule has 0 atom stereocenters. The lowest BCUT2D eigenvalue weighted by Crippen LogP contribution is -2.39. The van der Waals surface area contributed by atoms with Crippen LogP contribution in [0.15, 0.2) is 47.1 Å². The summed E-state index contributed by atoms with van der Waals surface area (Å²) >= 11 is 0. The molecule has 1 amide bonds. The predicted octanol–water partition coefficient (Wildman–Crippen LogP) is 4.50. The minimum absolute atomic E-state index is 0.0251. The van der Waals surface area contributed by atoms with E-state index in [2.05, 4.69) is 0 Å². The number of nitrogens with zero attached hydrogens (tertiary/aromatic N) is 1. The molecule has 0 saturated heterocycles. The summed E-state index contributed by atoms with van der Waals surface area (Å²) in [7, 11) is 0. The number of halogens is 6. The molecule has 130 valence electrons. The monoisotopic (exact) mass is 351 g/mol. The Labute approximate surface area is 132 Å². The van der Waals surface area contributed by atoms with Crippen LogP contribution in [0.4, 0.5) is 26.3 Å². The van der Waals surface area contributed by atoms with Gasteiger partial charge in [0, 0.05) is 0 Å². The second-order valence-corrected chi connectivity index (χ2v) is 4.90. The first-order chi connectivity index (χ1) is 11.1. The summed E-state index contributed by atoms with van der Waals surface area (Å²) < 4.78 is 81.9. The van der Waals surface area contributed by atoms with Crippen LogP contribution in [0.2, 0.25) is 0 Å². The molecule has 1 aromatic heterocycles. The van der Waals surface area contributed by atoms with Crippen LogP contribution in [0.1, 0.15) is 21.7 Å². The van der Waals surface area contributed by atoms with E-state index in [1.807, 2.05) is 0 Å². The van der Waals surface area contributed by atoms with Gasteiger partial charge in [-0.15, -0.1) is 0 Å². The molecule has 0 N–H and O–H groups in total. The van der Waals surface area contributed by atoms with Gasteiger partial charge in [-0.05, 0) is 24.3 Å². The number of carbonyl (C=O) groups is 1. The Morgan fingerprint density at radius 1 is 1.00 bits per heavy atom. The van der Waals surface area contributed by atoms with Crippen molar-refractivity contribution in [3.8, 4) is 0 Å². The molecule has 0 fully saturated rings. The highest BCUT2D eigenvalue weighted by Gasteiger charge is 2.38. The lowest BCUT2D eigenvalue weighted by atomic mass is 10.1. The van der Waals surface area contributed by atoms with Gasteiger partial charge in [0.15, 0.2) is 0 Å². The van der Waals surface area contributed by atoms with Crippen molar-refractivity contribution in [3.05, 3.63) is 59.5 Å². The fourth-order valence-corrected chi connectivity index (χ4v) is 2.09. The van der Waals surface area contributed by atoms with Crippen molar-refractivity contribution < 1.29 is 35.6 Å². The van der Waals surface area contributed by atoms with E-state index in [4.69, 9.17) is 4.42 Å². The first-order valence-corrected chi connectivity index (χ1v) is 6.62. The van der Waals surface area contributed by atoms with Crippen molar-refractivity contribution >= 4 is 5.91 Å². The third kappa shape index (κ3) is 4.53. The predicted molar refractivity (Wildman–Crippen MR) is 70.9 cm³/mol. The van der Waals surface area contributed by atoms with E-state index in [1.54, 1.807) is 0 Å². The topological polar surface area (TPSA) is 33.5 Å². The van der Waals surface area contributed by atoms with Crippen molar-refractivity contribution in [1.82, 2.24) is 4.90 Å². The number of alkyl halides is 6. The molecule has 1 aromatic carbocycles. The molecule has 24 heavy (non-hydrogen) atoms. The van der Waals surface area contributed by atoms with Crippen molar-refractivity contribution in [2.75, 3.05) is 6.54 Å². The van der Waals surface area contributed by atoms with E-state index in [1.165, 1.54) is 18.4 Å². The maximum atomic E-state index is 13.0. The van der Waals surface area contributed by atoms with Gasteiger partial charge in [0.2, 0.25) is 0 Å². The molecule has 0 unspecified atom stereocenters. The van der Waals surface area contributed by atoms with E-state index in [9.17, 15) is 31.1 Å². The van der Waals surface area contributed by atoms with E-state index in [0.29, 0.717) is 6.07 Å². The van der Waals surface area contributed by atoms with Crippen LogP contribution in [-0.4, -0.2) is 23.5 Å². The van der Waals surface area contributed by atoms with Gasteiger partial charge >= 0.3 is 12.4 Å². The van der Waals surface area contributed by atoms with E-state index in [-0.39, 0.29) is 10.7 Å². The van der Waals surface area contributed by atoms with Crippen molar-refractivity contribution in [1.29, 1.82) is 0 Å². The number of benzene rings is 1. The molecule has 0 aliphatic carbocycles. The first kappa shape index (κ1) is 17.9. The largest absolute Gasteiger partial charge is 0.467 e. The molecule has 1 heterocycles. The highest BCUT2D eigenvalue weighted by atomic mass is 19.4. The molecule has 2 rings (SSSR count). The molecular weight excluding hydrogens is 340 g/mol. The molecule has 9 heteroatoms. The Morgan fingerprint density at radius 2 is 1.67 bits per heavy atom. The summed E-state index contributed by atoms with van der Waals surface area (Å²) in [5.41, 5.74) is -2.14. The van der Waals surface area contributed by atoms with Crippen molar-refractivity contribution in [2.45, 2.75) is 18.9 Å². The minimum Gasteiger partial charge on any atom is -0.467 e. The molecule has 0 aliphatic rings. The fraction of sp³-hybridized carbons (Fsp3) is 0.267. The second-order valence-electron chi connectivity index (χ2n) is 4.90. The molecule has 3 nitrogen and oxygen atoms in total. The molecule has 0 bridgehead atoms. The summed E-state index contributed by atoms with van der Waals surface area (Å²) in [6.07, 6.45) is -8.44. The lowest BCUT2D eigenvalue weighted by molar-refractivity contribution is -0.142. The summed E-state index contributed by atoms with van der Waals surface area (Å²) in [4.78, 5) is 12.6. The van der Waals surface area contributed by atoms with Gasteiger partial charge in [0.25, 0.3) is 5.91 Å². The van der Waals surface area contributed by atoms with Gasteiger partial charge in [-0.3, -0.25) is 4.79 Å². The number of hydrogen-bond donors (Lipinski definition) is 0. The SMILES string of the molecule is O=C(c1ccccc1C(F)(F)F)N(Cc1ccco1)CC(F)(F)F. The summed E-state index contributed by atoms with van der Waals surface area (Å²) in [6, 6.07) is 6.42. The molecule has 0 aliphatic heterocycles. The minimum atomic E-state index is -4.86. The molecule has 0 radical (unpaired) electrons. The number of rotatable bonds is 4. The van der Waals surface area contributed by atoms with E-state index in [0.717, 1.165) is 18.2 Å². The maximum absolute atomic E-state index is 13.0. The van der Waals surface area contributed by atoms with Crippen molar-refractivity contribution in [3.63, 3.8) is 0 Å². The van der Waals surface area contributed by atoms with Gasteiger partial charge in [-0.2, -0.15) is 26.3 Å². The third-order valence-electron chi connectivity index (χ3n) is 3.05. The number of amides is 1. The van der Waals surface area contributed by atoms with E-state index >= 15 is 0 Å². The first-order valence-electron chi connectivity index (χ1n) is 6.62. The zero-order valence-corrected chi connectivity index (χ0v) is 12.0. The number of carbonyl (C=O) groups excluding carboxylic acids is 1. The van der Waals surface area contributed by atoms with Gasteiger partial charge in [-0.1, -0.05) is 12.1 Å². The van der Waals surface area contributed by atoms with Crippen molar-refractivity contribution in [2.24, 2.45) is 0 Å². The molecule has 0 saturated carbocycles. The van der Waals surface area contributed by atoms with Gasteiger partial charge < -0.3 is 9.32 Å². The lowest BCUT2D eigenvalue weighted by Gasteiger charge is -2.24. The maximum Gasteiger partial charge on any atom is 0.417 e. The Hall–Kier alpha value is -2.45. The van der Waals surface area contributed by atoms with Gasteiger partial charge in [0.05, 0.1) is 23.9 Å². The van der Waals surface area contributed by atoms with Crippen LogP contribution >= 0.6 is 0 Å². The Balaban J connectivity index is 2.37. The smallest absolute Gasteiger partial charge is 0.417 e. The van der Waals surface area contributed by atoms with Crippen LogP contribution in [0.3, 0.4) is 0 Å². The standard InChI is InChI=1S/C15H11F6NO2/c16-14(17,18)9-22(8-10-4-3-7-24-10)13(23)11-5-1-2-6-12(11)15(19,20)21/h1-7H,8-9H2. The molecular formula is C15H11F6NO2. The van der Waals surface area contributed by atoms with Crippen LogP contribution in [0.5, 0.6) is 0 Å². The summed E-state index contributed by atoms with van der Waals surface area (Å²) in [5, 5.41) is 0. The normalized spacial score (nSPS) is 12.2.